The third kappa shape index (κ3) is 7.99. The molecule has 27 heavy (non-hydrogen) atoms. The first-order chi connectivity index (χ1) is 12.8. The van der Waals surface area contributed by atoms with Crippen LogP contribution in [0.1, 0.15) is 33.3 Å². The summed E-state index contributed by atoms with van der Waals surface area (Å²) < 4.78 is 34.6. The second-order valence-electron chi connectivity index (χ2n) is 6.64. The summed E-state index contributed by atoms with van der Waals surface area (Å²) in [6, 6.07) is 5.86. The first-order valence-electron chi connectivity index (χ1n) is 9.10. The van der Waals surface area contributed by atoms with Gasteiger partial charge < -0.3 is 20.1 Å². The number of halogens is 2. The highest BCUT2D eigenvalue weighted by Crippen LogP contribution is 2.29. The van der Waals surface area contributed by atoms with Gasteiger partial charge in [0.1, 0.15) is 0 Å². The van der Waals surface area contributed by atoms with Crippen LogP contribution in [0, 0.1) is 0 Å². The zero-order valence-electron chi connectivity index (χ0n) is 17.1. The molecule has 1 aromatic rings. The maximum absolute atomic E-state index is 12.5. The van der Waals surface area contributed by atoms with E-state index in [0.717, 1.165) is 18.7 Å². The molecule has 8 heteroatoms. The van der Waals surface area contributed by atoms with E-state index in [1.165, 1.54) is 13.2 Å². The van der Waals surface area contributed by atoms with Crippen molar-refractivity contribution in [3.05, 3.63) is 23.8 Å². The van der Waals surface area contributed by atoms with Crippen LogP contribution in [0.5, 0.6) is 11.5 Å². The highest BCUT2D eigenvalue weighted by Gasteiger charge is 2.13. The standard InChI is InChI=1S/C19H32F2N4O2/c1-13(2)25(14(3)4)10-9-23-19(22-5)24-12-15-7-8-16(26-6)17(11-15)27-18(20)21/h7-8,11,13-14,18H,9-10,12H2,1-6H3,(H2,22,23,24). The molecule has 0 aliphatic rings. The smallest absolute Gasteiger partial charge is 0.387 e. The van der Waals surface area contributed by atoms with E-state index < -0.39 is 6.61 Å². The Kier molecular flexibility index (Phi) is 9.85. The van der Waals surface area contributed by atoms with E-state index in [1.807, 2.05) is 0 Å². The van der Waals surface area contributed by atoms with E-state index in [4.69, 9.17) is 4.74 Å². The van der Waals surface area contributed by atoms with Crippen LogP contribution in [0.15, 0.2) is 23.2 Å². The molecule has 0 bridgehead atoms. The van der Waals surface area contributed by atoms with Crippen molar-refractivity contribution in [2.75, 3.05) is 27.2 Å². The van der Waals surface area contributed by atoms with Crippen LogP contribution in [0.3, 0.4) is 0 Å². The zero-order valence-corrected chi connectivity index (χ0v) is 17.1. The Morgan fingerprint density at radius 2 is 1.78 bits per heavy atom. The molecule has 1 rings (SSSR count). The van der Waals surface area contributed by atoms with Gasteiger partial charge in [-0.05, 0) is 45.4 Å². The second-order valence-corrected chi connectivity index (χ2v) is 6.64. The van der Waals surface area contributed by atoms with Gasteiger partial charge in [-0.3, -0.25) is 9.89 Å². The van der Waals surface area contributed by atoms with Crippen molar-refractivity contribution in [3.63, 3.8) is 0 Å². The number of guanidine groups is 1. The number of benzene rings is 1. The molecule has 0 aliphatic heterocycles. The number of rotatable bonds is 10. The van der Waals surface area contributed by atoms with Crippen LogP contribution in [0.25, 0.3) is 0 Å². The molecule has 0 spiro atoms. The van der Waals surface area contributed by atoms with Gasteiger partial charge in [-0.15, -0.1) is 0 Å². The van der Waals surface area contributed by atoms with Crippen LogP contribution < -0.4 is 20.1 Å². The molecular weight excluding hydrogens is 354 g/mol. The lowest BCUT2D eigenvalue weighted by molar-refractivity contribution is -0.0512. The molecule has 0 saturated carbocycles. The monoisotopic (exact) mass is 386 g/mol. The molecule has 1 aromatic carbocycles. The molecule has 2 N–H and O–H groups in total. The fourth-order valence-corrected chi connectivity index (χ4v) is 2.84. The number of ether oxygens (including phenoxy) is 2. The van der Waals surface area contributed by atoms with Crippen LogP contribution in [0.2, 0.25) is 0 Å². The Morgan fingerprint density at radius 1 is 1.11 bits per heavy atom. The maximum atomic E-state index is 12.5. The van der Waals surface area contributed by atoms with Gasteiger partial charge in [-0.25, -0.2) is 0 Å². The van der Waals surface area contributed by atoms with E-state index in [2.05, 4.69) is 53.0 Å². The highest BCUT2D eigenvalue weighted by molar-refractivity contribution is 5.79. The lowest BCUT2D eigenvalue weighted by Crippen LogP contribution is -2.45. The van der Waals surface area contributed by atoms with Crippen molar-refractivity contribution < 1.29 is 18.3 Å². The fourth-order valence-electron chi connectivity index (χ4n) is 2.84. The summed E-state index contributed by atoms with van der Waals surface area (Å²) in [6.45, 7) is 7.86. The minimum Gasteiger partial charge on any atom is -0.493 e. The van der Waals surface area contributed by atoms with E-state index in [0.29, 0.717) is 24.6 Å². The number of alkyl halides is 2. The summed E-state index contributed by atoms with van der Waals surface area (Å²) in [5.74, 6) is 0.929. The van der Waals surface area contributed by atoms with Crippen molar-refractivity contribution >= 4 is 5.96 Å². The van der Waals surface area contributed by atoms with Crippen molar-refractivity contribution in [1.82, 2.24) is 15.5 Å². The van der Waals surface area contributed by atoms with Crippen LogP contribution in [-0.2, 0) is 6.54 Å². The number of nitrogens with zero attached hydrogens (tertiary/aromatic N) is 2. The summed E-state index contributed by atoms with van der Waals surface area (Å²) >= 11 is 0. The van der Waals surface area contributed by atoms with Gasteiger partial charge in [0.15, 0.2) is 17.5 Å². The van der Waals surface area contributed by atoms with Gasteiger partial charge in [-0.1, -0.05) is 6.07 Å². The lowest BCUT2D eigenvalue weighted by Gasteiger charge is -2.30. The molecule has 6 nitrogen and oxygen atoms in total. The minimum absolute atomic E-state index is 0.0132. The average molecular weight is 386 g/mol. The van der Waals surface area contributed by atoms with Gasteiger partial charge in [0.25, 0.3) is 0 Å². The normalized spacial score (nSPS) is 12.2. The molecule has 0 heterocycles. The molecular formula is C19H32F2N4O2. The minimum atomic E-state index is -2.90. The third-order valence-electron chi connectivity index (χ3n) is 4.12. The Balaban J connectivity index is 2.59. The van der Waals surface area contributed by atoms with E-state index in [9.17, 15) is 8.78 Å². The van der Waals surface area contributed by atoms with Crippen molar-refractivity contribution in [2.24, 2.45) is 4.99 Å². The molecule has 0 saturated heterocycles. The summed E-state index contributed by atoms with van der Waals surface area (Å²) in [5.41, 5.74) is 0.778. The van der Waals surface area contributed by atoms with Gasteiger partial charge in [0.05, 0.1) is 7.11 Å². The predicted octanol–water partition coefficient (Wildman–Crippen LogP) is 3.08. The SMILES string of the molecule is CN=C(NCCN(C(C)C)C(C)C)NCc1ccc(OC)c(OC(F)F)c1. The molecule has 0 aromatic heterocycles. The fraction of sp³-hybridized carbons (Fsp3) is 0.632. The largest absolute Gasteiger partial charge is 0.493 e. The van der Waals surface area contributed by atoms with Crippen LogP contribution in [0.4, 0.5) is 8.78 Å². The highest BCUT2D eigenvalue weighted by atomic mass is 19.3. The van der Waals surface area contributed by atoms with Crippen LogP contribution in [-0.4, -0.2) is 56.8 Å². The molecule has 0 atom stereocenters. The van der Waals surface area contributed by atoms with Crippen LogP contribution >= 0.6 is 0 Å². The number of aliphatic imine (C=N–C) groups is 1. The topological polar surface area (TPSA) is 58.1 Å². The number of hydrogen-bond donors (Lipinski definition) is 2. The van der Waals surface area contributed by atoms with Gasteiger partial charge in [-0.2, -0.15) is 8.78 Å². The summed E-state index contributed by atoms with van der Waals surface area (Å²) in [4.78, 5) is 6.58. The van der Waals surface area contributed by atoms with E-state index >= 15 is 0 Å². The molecule has 0 radical (unpaired) electrons. The summed E-state index contributed by atoms with van der Waals surface area (Å²) in [6.07, 6.45) is 0. The first kappa shape index (κ1) is 23.0. The Hall–Kier alpha value is -2.09. The summed E-state index contributed by atoms with van der Waals surface area (Å²) in [7, 11) is 3.10. The van der Waals surface area contributed by atoms with Crippen molar-refractivity contribution in [1.29, 1.82) is 0 Å². The van der Waals surface area contributed by atoms with Crippen molar-refractivity contribution in [3.8, 4) is 11.5 Å². The first-order valence-corrected chi connectivity index (χ1v) is 9.10. The Bertz CT molecular complexity index is 587. The molecule has 0 amide bonds. The quantitative estimate of drug-likeness (QED) is 0.478. The summed E-state index contributed by atoms with van der Waals surface area (Å²) in [5, 5.41) is 6.44. The molecule has 154 valence electrons. The van der Waals surface area contributed by atoms with Crippen molar-refractivity contribution in [2.45, 2.75) is 52.9 Å². The Morgan fingerprint density at radius 3 is 2.30 bits per heavy atom. The van der Waals surface area contributed by atoms with Gasteiger partial charge in [0, 0.05) is 38.8 Å². The molecule has 0 fully saturated rings. The van der Waals surface area contributed by atoms with Gasteiger partial charge >= 0.3 is 6.61 Å². The van der Waals surface area contributed by atoms with E-state index in [1.54, 1.807) is 19.2 Å². The average Bonchev–Trinajstić information content (AvgIpc) is 2.60. The maximum Gasteiger partial charge on any atom is 0.387 e. The van der Waals surface area contributed by atoms with Gasteiger partial charge in [0.2, 0.25) is 0 Å². The third-order valence-corrected chi connectivity index (χ3v) is 4.12. The molecule has 0 aliphatic carbocycles. The zero-order chi connectivity index (χ0) is 20.4. The number of methoxy groups -OCH3 is 1. The lowest BCUT2D eigenvalue weighted by atomic mass is 10.2. The Labute approximate surface area is 160 Å². The molecule has 0 unspecified atom stereocenters. The predicted molar refractivity (Wildman–Crippen MR) is 105 cm³/mol. The number of hydrogen-bond acceptors (Lipinski definition) is 4. The van der Waals surface area contributed by atoms with E-state index in [-0.39, 0.29) is 11.5 Å². The number of nitrogens with one attached hydrogen (secondary N) is 2. The second kappa shape index (κ2) is 11.6.